The summed E-state index contributed by atoms with van der Waals surface area (Å²) >= 11 is 0. The van der Waals surface area contributed by atoms with Crippen molar-refractivity contribution in [1.82, 2.24) is 0 Å². The average Bonchev–Trinajstić information content (AvgIpc) is 2.14. The second kappa shape index (κ2) is 7.38. The van der Waals surface area contributed by atoms with E-state index < -0.39 is 16.1 Å². The van der Waals surface area contributed by atoms with Crippen LogP contribution in [0.2, 0.25) is 0 Å². The molecule has 0 N–H and O–H groups in total. The van der Waals surface area contributed by atoms with Crippen LogP contribution < -0.4 is 0 Å². The van der Waals surface area contributed by atoms with Gasteiger partial charge in [-0.05, 0) is 0 Å². The second-order valence-electron chi connectivity index (χ2n) is 2.51. The van der Waals surface area contributed by atoms with E-state index in [0.717, 1.165) is 12.3 Å². The molecule has 0 saturated carbocycles. The van der Waals surface area contributed by atoms with Crippen LogP contribution in [-0.2, 0) is 28.6 Å². The highest BCUT2D eigenvalue weighted by molar-refractivity contribution is 7.85. The molecule has 0 bridgehead atoms. The van der Waals surface area contributed by atoms with Gasteiger partial charge in [0.05, 0.1) is 26.1 Å². The fraction of sp³-hybridized carbons (Fsp3) is 0.625. The molecule has 0 saturated heterocycles. The first-order valence-electron chi connectivity index (χ1n) is 4.17. The molecule has 6 nitrogen and oxygen atoms in total. The molecule has 0 heterocycles. The maximum absolute atomic E-state index is 10.5. The molecule has 0 spiro atoms. The minimum Gasteiger partial charge on any atom is -0.460 e. The van der Waals surface area contributed by atoms with Gasteiger partial charge in [0.2, 0.25) is 0 Å². The van der Waals surface area contributed by atoms with E-state index in [0.29, 0.717) is 0 Å². The van der Waals surface area contributed by atoms with Crippen LogP contribution in [-0.4, -0.2) is 47.1 Å². The Morgan fingerprint density at radius 1 is 1.27 bits per heavy atom. The monoisotopic (exact) mass is 238 g/mol. The molecule has 0 aromatic heterocycles. The summed E-state index contributed by atoms with van der Waals surface area (Å²) in [6.07, 6.45) is 2.01. The summed E-state index contributed by atoms with van der Waals surface area (Å²) < 4.78 is 34.9. The maximum Gasteiger partial charge on any atom is 0.330 e. The first kappa shape index (κ1) is 14.1. The fourth-order valence-electron chi connectivity index (χ4n) is 0.606. The predicted molar refractivity (Wildman–Crippen MR) is 52.8 cm³/mol. The molecular weight excluding hydrogens is 224 g/mol. The maximum atomic E-state index is 10.5. The lowest BCUT2D eigenvalue weighted by molar-refractivity contribution is -0.139. The Labute approximate surface area is 88.9 Å². The van der Waals surface area contributed by atoms with Gasteiger partial charge >= 0.3 is 5.97 Å². The highest BCUT2D eigenvalue weighted by Gasteiger charge is 2.00. The van der Waals surface area contributed by atoms with Gasteiger partial charge in [-0.2, -0.15) is 8.42 Å². The zero-order chi connectivity index (χ0) is 11.7. The van der Waals surface area contributed by atoms with Crippen molar-refractivity contribution < 1.29 is 26.9 Å². The van der Waals surface area contributed by atoms with Crippen LogP contribution in [0, 0.1) is 0 Å². The molecule has 0 amide bonds. The van der Waals surface area contributed by atoms with Gasteiger partial charge in [0.15, 0.2) is 0 Å². The van der Waals surface area contributed by atoms with Crippen molar-refractivity contribution in [3.63, 3.8) is 0 Å². The Kier molecular flexibility index (Phi) is 6.93. The van der Waals surface area contributed by atoms with Crippen molar-refractivity contribution in [3.05, 3.63) is 12.7 Å². The molecule has 0 atom stereocenters. The van der Waals surface area contributed by atoms with Gasteiger partial charge < -0.3 is 9.47 Å². The van der Waals surface area contributed by atoms with Crippen molar-refractivity contribution in [2.75, 3.05) is 32.7 Å². The number of carbonyl (C=O) groups is 1. The van der Waals surface area contributed by atoms with Crippen molar-refractivity contribution in [2.45, 2.75) is 0 Å². The van der Waals surface area contributed by atoms with Crippen molar-refractivity contribution in [2.24, 2.45) is 0 Å². The Hall–Kier alpha value is -0.920. The molecule has 0 fully saturated rings. The number of carbonyl (C=O) groups excluding carboxylic acids is 1. The predicted octanol–water partition coefficient (Wildman–Crippen LogP) is -0.292. The van der Waals surface area contributed by atoms with E-state index in [1.807, 2.05) is 0 Å². The van der Waals surface area contributed by atoms with Gasteiger partial charge in [0.25, 0.3) is 10.1 Å². The number of ether oxygens (including phenoxy) is 2. The minimum atomic E-state index is -3.41. The lowest BCUT2D eigenvalue weighted by Crippen LogP contribution is -2.13. The lowest BCUT2D eigenvalue weighted by atomic mass is 10.6. The van der Waals surface area contributed by atoms with Crippen molar-refractivity contribution in [1.29, 1.82) is 0 Å². The third-order valence-electron chi connectivity index (χ3n) is 1.16. The zero-order valence-electron chi connectivity index (χ0n) is 8.47. The molecule has 88 valence electrons. The SMILES string of the molecule is C=CC(=O)OCCOCCOS(C)(=O)=O. The molecule has 0 unspecified atom stereocenters. The molecule has 0 aliphatic carbocycles. The highest BCUT2D eigenvalue weighted by atomic mass is 32.2. The summed E-state index contributed by atoms with van der Waals surface area (Å²) in [6.45, 7) is 3.58. The Bertz CT molecular complexity index is 294. The summed E-state index contributed by atoms with van der Waals surface area (Å²) in [6, 6.07) is 0. The molecule has 7 heteroatoms. The van der Waals surface area contributed by atoms with Crippen LogP contribution in [0.4, 0.5) is 0 Å². The van der Waals surface area contributed by atoms with Gasteiger partial charge in [-0.3, -0.25) is 4.18 Å². The molecule has 0 aliphatic heterocycles. The fourth-order valence-corrected chi connectivity index (χ4v) is 0.977. The summed E-state index contributed by atoms with van der Waals surface area (Å²) in [5.41, 5.74) is 0. The van der Waals surface area contributed by atoms with Crippen LogP contribution in [0.1, 0.15) is 0 Å². The number of hydrogen-bond acceptors (Lipinski definition) is 6. The van der Waals surface area contributed by atoms with E-state index in [1.165, 1.54) is 0 Å². The van der Waals surface area contributed by atoms with Crippen molar-refractivity contribution in [3.8, 4) is 0 Å². The van der Waals surface area contributed by atoms with E-state index in [1.54, 1.807) is 0 Å². The normalized spacial score (nSPS) is 11.0. The van der Waals surface area contributed by atoms with E-state index in [-0.39, 0.29) is 26.4 Å². The molecule has 0 aromatic rings. The second-order valence-corrected chi connectivity index (χ2v) is 4.15. The quantitative estimate of drug-likeness (QED) is 0.250. The van der Waals surface area contributed by atoms with Crippen LogP contribution in [0.5, 0.6) is 0 Å². The van der Waals surface area contributed by atoms with E-state index in [4.69, 9.17) is 4.74 Å². The van der Waals surface area contributed by atoms with Crippen LogP contribution in [0.25, 0.3) is 0 Å². The molecular formula is C8H14O6S. The van der Waals surface area contributed by atoms with E-state index in [2.05, 4.69) is 15.5 Å². The Balaban J connectivity index is 3.26. The lowest BCUT2D eigenvalue weighted by Gasteiger charge is -2.04. The smallest absolute Gasteiger partial charge is 0.330 e. The average molecular weight is 238 g/mol. The summed E-state index contributed by atoms with van der Waals surface area (Å²) in [7, 11) is -3.41. The topological polar surface area (TPSA) is 78.9 Å². The Morgan fingerprint density at radius 3 is 2.40 bits per heavy atom. The standard InChI is InChI=1S/C8H14O6S/c1-3-8(9)13-6-4-12-5-7-14-15(2,10)11/h3H,1,4-7H2,2H3. The van der Waals surface area contributed by atoms with E-state index in [9.17, 15) is 13.2 Å². The molecule has 15 heavy (non-hydrogen) atoms. The molecule has 0 aromatic carbocycles. The molecule has 0 rings (SSSR count). The van der Waals surface area contributed by atoms with Crippen LogP contribution in [0.3, 0.4) is 0 Å². The zero-order valence-corrected chi connectivity index (χ0v) is 9.29. The minimum absolute atomic E-state index is 0.0474. The largest absolute Gasteiger partial charge is 0.460 e. The summed E-state index contributed by atoms with van der Waals surface area (Å²) in [5, 5.41) is 0. The number of hydrogen-bond donors (Lipinski definition) is 0. The third-order valence-corrected chi connectivity index (χ3v) is 1.76. The van der Waals surface area contributed by atoms with Crippen LogP contribution >= 0.6 is 0 Å². The van der Waals surface area contributed by atoms with Gasteiger partial charge in [-0.15, -0.1) is 0 Å². The summed E-state index contributed by atoms with van der Waals surface area (Å²) in [5.74, 6) is -0.522. The van der Waals surface area contributed by atoms with Crippen molar-refractivity contribution >= 4 is 16.1 Å². The van der Waals surface area contributed by atoms with Gasteiger partial charge in [0, 0.05) is 6.08 Å². The van der Waals surface area contributed by atoms with Gasteiger partial charge in [0.1, 0.15) is 6.61 Å². The summed E-state index contributed by atoms with van der Waals surface area (Å²) in [4.78, 5) is 10.5. The highest BCUT2D eigenvalue weighted by Crippen LogP contribution is 1.87. The number of rotatable bonds is 8. The first-order valence-corrected chi connectivity index (χ1v) is 5.98. The number of esters is 1. The third kappa shape index (κ3) is 11.0. The van der Waals surface area contributed by atoms with Crippen LogP contribution in [0.15, 0.2) is 12.7 Å². The molecule has 0 aliphatic rings. The first-order chi connectivity index (χ1) is 6.95. The molecule has 0 radical (unpaired) electrons. The van der Waals surface area contributed by atoms with Gasteiger partial charge in [-0.1, -0.05) is 6.58 Å². The van der Waals surface area contributed by atoms with E-state index >= 15 is 0 Å². The Morgan fingerprint density at radius 2 is 1.87 bits per heavy atom. The van der Waals surface area contributed by atoms with Gasteiger partial charge in [-0.25, -0.2) is 4.79 Å².